The van der Waals surface area contributed by atoms with Crippen LogP contribution in [0.15, 0.2) is 24.3 Å². The van der Waals surface area contributed by atoms with Crippen LogP contribution in [0.2, 0.25) is 0 Å². The number of carbonyl (C=O) groups is 1. The van der Waals surface area contributed by atoms with Crippen LogP contribution < -0.4 is 5.32 Å². The fourth-order valence-corrected chi connectivity index (χ4v) is 1.77. The standard InChI is InChI=1S/C13H16FNO3/c14-12-4-2-1-3-10(12)9-18-13(16)7-11-8-15-5-6-17-11/h1-4,11,15H,5-9H2. The van der Waals surface area contributed by atoms with E-state index < -0.39 is 0 Å². The number of hydrogen-bond donors (Lipinski definition) is 1. The first-order valence-corrected chi connectivity index (χ1v) is 5.97. The maximum Gasteiger partial charge on any atom is 0.308 e. The molecular formula is C13H16FNO3. The molecule has 98 valence electrons. The Labute approximate surface area is 105 Å². The zero-order valence-electron chi connectivity index (χ0n) is 10.0. The van der Waals surface area contributed by atoms with Gasteiger partial charge < -0.3 is 14.8 Å². The Hall–Kier alpha value is -1.46. The number of nitrogens with one attached hydrogen (secondary N) is 1. The zero-order chi connectivity index (χ0) is 12.8. The highest BCUT2D eigenvalue weighted by Crippen LogP contribution is 2.09. The summed E-state index contributed by atoms with van der Waals surface area (Å²) < 4.78 is 23.7. The van der Waals surface area contributed by atoms with E-state index in [4.69, 9.17) is 9.47 Å². The number of carbonyl (C=O) groups excluding carboxylic acids is 1. The lowest BCUT2D eigenvalue weighted by atomic mass is 10.2. The van der Waals surface area contributed by atoms with Gasteiger partial charge in [0.15, 0.2) is 0 Å². The van der Waals surface area contributed by atoms with Gasteiger partial charge in [0.2, 0.25) is 0 Å². The van der Waals surface area contributed by atoms with Crippen molar-refractivity contribution in [1.82, 2.24) is 5.32 Å². The van der Waals surface area contributed by atoms with Gasteiger partial charge in [-0.2, -0.15) is 0 Å². The van der Waals surface area contributed by atoms with Gasteiger partial charge in [0.25, 0.3) is 0 Å². The van der Waals surface area contributed by atoms with Gasteiger partial charge in [-0.25, -0.2) is 4.39 Å². The Morgan fingerprint density at radius 2 is 2.33 bits per heavy atom. The minimum absolute atomic E-state index is 0.0361. The van der Waals surface area contributed by atoms with Crippen LogP contribution in [0, 0.1) is 5.82 Å². The molecule has 1 heterocycles. The maximum atomic E-state index is 13.3. The van der Waals surface area contributed by atoms with Gasteiger partial charge in [-0.3, -0.25) is 4.79 Å². The number of halogens is 1. The molecule has 0 radical (unpaired) electrons. The molecule has 0 bridgehead atoms. The maximum absolute atomic E-state index is 13.3. The van der Waals surface area contributed by atoms with Crippen molar-refractivity contribution in [3.8, 4) is 0 Å². The Kier molecular flexibility index (Phi) is 4.66. The third-order valence-corrected chi connectivity index (χ3v) is 2.75. The van der Waals surface area contributed by atoms with E-state index in [0.717, 1.165) is 6.54 Å². The lowest BCUT2D eigenvalue weighted by Gasteiger charge is -2.22. The summed E-state index contributed by atoms with van der Waals surface area (Å²) >= 11 is 0. The highest BCUT2D eigenvalue weighted by atomic mass is 19.1. The third kappa shape index (κ3) is 3.78. The molecular weight excluding hydrogens is 237 g/mol. The normalized spacial score (nSPS) is 19.5. The number of hydrogen-bond acceptors (Lipinski definition) is 4. The van der Waals surface area contributed by atoms with Crippen LogP contribution in [0.3, 0.4) is 0 Å². The zero-order valence-corrected chi connectivity index (χ0v) is 10.0. The summed E-state index contributed by atoms with van der Waals surface area (Å²) in [6, 6.07) is 6.25. The van der Waals surface area contributed by atoms with Crippen LogP contribution in [0.25, 0.3) is 0 Å². The Balaban J connectivity index is 1.76. The molecule has 1 fully saturated rings. The topological polar surface area (TPSA) is 47.6 Å². The lowest BCUT2D eigenvalue weighted by Crippen LogP contribution is -2.39. The summed E-state index contributed by atoms with van der Waals surface area (Å²) in [5, 5.41) is 3.13. The van der Waals surface area contributed by atoms with Crippen LogP contribution in [0.5, 0.6) is 0 Å². The highest BCUT2D eigenvalue weighted by Gasteiger charge is 2.18. The second-order valence-electron chi connectivity index (χ2n) is 4.15. The third-order valence-electron chi connectivity index (χ3n) is 2.75. The molecule has 1 aliphatic rings. The van der Waals surface area contributed by atoms with Crippen molar-refractivity contribution in [1.29, 1.82) is 0 Å². The molecule has 0 spiro atoms. The smallest absolute Gasteiger partial charge is 0.308 e. The molecule has 1 atom stereocenters. The quantitative estimate of drug-likeness (QED) is 0.820. The average Bonchev–Trinajstić information content (AvgIpc) is 2.39. The van der Waals surface area contributed by atoms with Crippen LogP contribution >= 0.6 is 0 Å². The molecule has 1 aromatic rings. The van der Waals surface area contributed by atoms with Gasteiger partial charge >= 0.3 is 5.97 Å². The van der Waals surface area contributed by atoms with Gasteiger partial charge in [-0.05, 0) is 6.07 Å². The van der Waals surface area contributed by atoms with Crippen molar-refractivity contribution < 1.29 is 18.7 Å². The molecule has 1 aromatic carbocycles. The molecule has 1 aliphatic heterocycles. The van der Waals surface area contributed by atoms with Crippen LogP contribution in [0.1, 0.15) is 12.0 Å². The predicted octanol–water partition coefficient (Wildman–Crippen LogP) is 1.25. The van der Waals surface area contributed by atoms with Crippen molar-refractivity contribution in [3.05, 3.63) is 35.6 Å². The summed E-state index contributed by atoms with van der Waals surface area (Å²) in [5.41, 5.74) is 0.383. The number of benzene rings is 1. The van der Waals surface area contributed by atoms with E-state index in [-0.39, 0.29) is 30.9 Å². The number of esters is 1. The summed E-state index contributed by atoms with van der Waals surface area (Å²) in [5.74, 6) is -0.729. The van der Waals surface area contributed by atoms with Crippen molar-refractivity contribution >= 4 is 5.97 Å². The largest absolute Gasteiger partial charge is 0.461 e. The first kappa shape index (κ1) is 13.0. The van der Waals surface area contributed by atoms with E-state index in [0.29, 0.717) is 18.7 Å². The number of morpholine rings is 1. The fraction of sp³-hybridized carbons (Fsp3) is 0.462. The second kappa shape index (κ2) is 6.47. The van der Waals surface area contributed by atoms with Crippen LogP contribution in [-0.2, 0) is 20.9 Å². The summed E-state index contributed by atoms with van der Waals surface area (Å²) in [6.07, 6.45) is 0.0495. The van der Waals surface area contributed by atoms with E-state index in [2.05, 4.69) is 5.32 Å². The summed E-state index contributed by atoms with van der Waals surface area (Å²) in [6.45, 7) is 2.02. The molecule has 4 nitrogen and oxygen atoms in total. The fourth-order valence-electron chi connectivity index (χ4n) is 1.77. The van der Waals surface area contributed by atoms with Crippen molar-refractivity contribution in [2.24, 2.45) is 0 Å². The van der Waals surface area contributed by atoms with E-state index >= 15 is 0 Å². The van der Waals surface area contributed by atoms with Gasteiger partial charge in [0.1, 0.15) is 12.4 Å². The number of ether oxygens (including phenoxy) is 2. The molecule has 0 aliphatic carbocycles. The first-order chi connectivity index (χ1) is 8.75. The molecule has 0 saturated carbocycles. The van der Waals surface area contributed by atoms with Crippen molar-refractivity contribution in [2.45, 2.75) is 19.1 Å². The van der Waals surface area contributed by atoms with Crippen LogP contribution in [-0.4, -0.2) is 31.8 Å². The Morgan fingerprint density at radius 1 is 1.50 bits per heavy atom. The molecule has 1 saturated heterocycles. The van der Waals surface area contributed by atoms with Crippen LogP contribution in [0.4, 0.5) is 4.39 Å². The minimum atomic E-state index is -0.369. The highest BCUT2D eigenvalue weighted by molar-refractivity contribution is 5.70. The summed E-state index contributed by atoms with van der Waals surface area (Å²) in [7, 11) is 0. The number of rotatable bonds is 4. The van der Waals surface area contributed by atoms with E-state index in [1.165, 1.54) is 6.07 Å². The Bertz CT molecular complexity index is 405. The van der Waals surface area contributed by atoms with E-state index in [1.807, 2.05) is 0 Å². The first-order valence-electron chi connectivity index (χ1n) is 5.97. The molecule has 1 unspecified atom stereocenters. The lowest BCUT2D eigenvalue weighted by molar-refractivity contribution is -0.148. The molecule has 0 aromatic heterocycles. The predicted molar refractivity (Wildman–Crippen MR) is 63.4 cm³/mol. The van der Waals surface area contributed by atoms with Gasteiger partial charge in [-0.15, -0.1) is 0 Å². The summed E-state index contributed by atoms with van der Waals surface area (Å²) in [4.78, 5) is 11.5. The van der Waals surface area contributed by atoms with E-state index in [9.17, 15) is 9.18 Å². The van der Waals surface area contributed by atoms with Crippen molar-refractivity contribution in [3.63, 3.8) is 0 Å². The average molecular weight is 253 g/mol. The molecule has 5 heteroatoms. The monoisotopic (exact) mass is 253 g/mol. The molecule has 1 N–H and O–H groups in total. The van der Waals surface area contributed by atoms with Gasteiger partial charge in [-0.1, -0.05) is 18.2 Å². The Morgan fingerprint density at radius 3 is 3.06 bits per heavy atom. The van der Waals surface area contributed by atoms with Gasteiger partial charge in [0, 0.05) is 18.7 Å². The van der Waals surface area contributed by atoms with Crippen molar-refractivity contribution in [2.75, 3.05) is 19.7 Å². The molecule has 0 amide bonds. The molecule has 18 heavy (non-hydrogen) atoms. The SMILES string of the molecule is O=C(CC1CNCCO1)OCc1ccccc1F. The van der Waals surface area contributed by atoms with E-state index in [1.54, 1.807) is 18.2 Å². The van der Waals surface area contributed by atoms with Gasteiger partial charge in [0.05, 0.1) is 19.1 Å². The second-order valence-corrected chi connectivity index (χ2v) is 4.15. The minimum Gasteiger partial charge on any atom is -0.461 e. The molecule has 2 rings (SSSR count).